The molecule has 0 fully saturated rings. The van der Waals surface area contributed by atoms with Crippen LogP contribution in [0.25, 0.3) is 10.6 Å². The number of aromatic nitrogens is 1. The van der Waals surface area contributed by atoms with Crippen LogP contribution in [0.3, 0.4) is 0 Å². The molecule has 1 aromatic heterocycles. The first-order chi connectivity index (χ1) is 17.2. The molecule has 0 radical (unpaired) electrons. The number of ketones is 1. The van der Waals surface area contributed by atoms with Crippen LogP contribution in [0.5, 0.6) is 5.75 Å². The summed E-state index contributed by atoms with van der Waals surface area (Å²) in [7, 11) is 3.77. The fraction of sp³-hybridized carbons (Fsp3) is 0.259. The average Bonchev–Trinajstić information content (AvgIpc) is 3.35. The van der Waals surface area contributed by atoms with E-state index in [1.165, 1.54) is 23.2 Å². The van der Waals surface area contributed by atoms with Crippen LogP contribution >= 0.6 is 11.3 Å². The van der Waals surface area contributed by atoms with Crippen LogP contribution in [-0.2, 0) is 9.59 Å². The molecule has 36 heavy (non-hydrogen) atoms. The van der Waals surface area contributed by atoms with Crippen molar-refractivity contribution in [3.05, 3.63) is 82.1 Å². The summed E-state index contributed by atoms with van der Waals surface area (Å²) in [4.78, 5) is 46.7. The number of carbonyl (C=O) groups excluding carboxylic acids is 3. The van der Waals surface area contributed by atoms with Gasteiger partial charge in [-0.3, -0.25) is 14.4 Å². The van der Waals surface area contributed by atoms with E-state index >= 15 is 0 Å². The minimum atomic E-state index is -0.794. The van der Waals surface area contributed by atoms with E-state index in [0.717, 1.165) is 5.56 Å². The number of hydrogen-bond donors (Lipinski definition) is 1. The van der Waals surface area contributed by atoms with Gasteiger partial charge in [0.2, 0.25) is 5.78 Å². The van der Waals surface area contributed by atoms with Crippen molar-refractivity contribution in [3.8, 4) is 16.3 Å². The van der Waals surface area contributed by atoms with Gasteiger partial charge < -0.3 is 19.6 Å². The molecule has 0 spiro atoms. The summed E-state index contributed by atoms with van der Waals surface area (Å²) in [5.74, 6) is -1.68. The molecule has 0 saturated heterocycles. The molecule has 8 nitrogen and oxygen atoms in total. The number of rotatable bonds is 8. The molecule has 2 heterocycles. The van der Waals surface area contributed by atoms with Gasteiger partial charge in [-0.15, -0.1) is 11.3 Å². The van der Waals surface area contributed by atoms with E-state index in [-0.39, 0.29) is 5.57 Å². The molecule has 9 heteroatoms. The number of benzene rings is 2. The van der Waals surface area contributed by atoms with Crippen molar-refractivity contribution in [2.75, 3.05) is 27.2 Å². The molecule has 1 aliphatic heterocycles. The van der Waals surface area contributed by atoms with Crippen molar-refractivity contribution in [1.82, 2.24) is 14.8 Å². The third kappa shape index (κ3) is 5.07. The Kier molecular flexibility index (Phi) is 7.32. The van der Waals surface area contributed by atoms with Gasteiger partial charge in [-0.05, 0) is 38.7 Å². The zero-order valence-corrected chi connectivity index (χ0v) is 21.3. The zero-order chi connectivity index (χ0) is 26.0. The average molecular weight is 506 g/mol. The van der Waals surface area contributed by atoms with Crippen molar-refractivity contribution in [2.45, 2.75) is 19.9 Å². The molecule has 1 atom stereocenters. The highest BCUT2D eigenvalue weighted by molar-refractivity contribution is 7.17. The number of hydrogen-bond acceptors (Lipinski definition) is 8. The smallest absolute Gasteiger partial charge is 0.308 e. The van der Waals surface area contributed by atoms with E-state index in [1.54, 1.807) is 31.2 Å². The summed E-state index contributed by atoms with van der Waals surface area (Å²) in [6.07, 6.45) is 0. The number of aliphatic hydroxyl groups is 1. The van der Waals surface area contributed by atoms with Gasteiger partial charge in [0.25, 0.3) is 5.91 Å². The van der Waals surface area contributed by atoms with Crippen LogP contribution in [0.4, 0.5) is 0 Å². The highest BCUT2D eigenvalue weighted by atomic mass is 32.1. The summed E-state index contributed by atoms with van der Waals surface area (Å²) in [5.41, 5.74) is 2.06. The molecule has 2 aromatic carbocycles. The lowest BCUT2D eigenvalue weighted by atomic mass is 9.95. The number of Topliss-reactive ketones (excluding diaryl/α,β-unsaturated/α-hetero) is 1. The highest BCUT2D eigenvalue weighted by Crippen LogP contribution is 2.41. The molecule has 186 valence electrons. The second-order valence-corrected chi connectivity index (χ2v) is 9.76. The van der Waals surface area contributed by atoms with Crippen molar-refractivity contribution in [2.24, 2.45) is 0 Å². The van der Waals surface area contributed by atoms with Gasteiger partial charge in [0, 0.05) is 25.6 Å². The SMILES string of the molecule is CC(=O)Oc1ccc(C2C(C(=O)c3sc(-c4ccccc4)nc3C)=C(O)C(=O)N2CCN(C)C)cc1. The van der Waals surface area contributed by atoms with E-state index in [1.807, 2.05) is 49.3 Å². The van der Waals surface area contributed by atoms with Crippen LogP contribution in [-0.4, -0.2) is 64.7 Å². The molecule has 0 saturated carbocycles. The number of ether oxygens (including phenoxy) is 1. The van der Waals surface area contributed by atoms with Crippen LogP contribution in [0, 0.1) is 6.92 Å². The van der Waals surface area contributed by atoms with Crippen molar-refractivity contribution < 1.29 is 24.2 Å². The molecule has 0 bridgehead atoms. The third-order valence-corrected chi connectivity index (χ3v) is 7.02. The number of likely N-dealkylation sites (N-methyl/N-ethyl adjacent to an activating group) is 1. The Morgan fingerprint density at radius 1 is 1.11 bits per heavy atom. The van der Waals surface area contributed by atoms with Crippen LogP contribution in [0.15, 0.2) is 65.9 Å². The number of aryl methyl sites for hydroxylation is 1. The quantitative estimate of drug-likeness (QED) is 0.278. The second kappa shape index (κ2) is 10.4. The Morgan fingerprint density at radius 3 is 2.39 bits per heavy atom. The van der Waals surface area contributed by atoms with Gasteiger partial charge in [-0.1, -0.05) is 42.5 Å². The minimum absolute atomic E-state index is 0.0188. The summed E-state index contributed by atoms with van der Waals surface area (Å²) in [5, 5.41) is 11.6. The lowest BCUT2D eigenvalue weighted by Gasteiger charge is -2.28. The standard InChI is InChI=1S/C27H27N3O5S/c1-16-25(36-26(28-16)19-8-6-5-7-9-19)23(32)21-22(18-10-12-20(13-11-18)35-17(2)31)30(15-14-29(3)4)27(34)24(21)33/h5-13,22,33H,14-15H2,1-4H3. The molecule has 1 amide bonds. The third-order valence-electron chi connectivity index (χ3n) is 5.82. The predicted octanol–water partition coefficient (Wildman–Crippen LogP) is 4.18. The fourth-order valence-electron chi connectivity index (χ4n) is 4.09. The maximum atomic E-state index is 13.8. The number of thiazole rings is 1. The first kappa shape index (κ1) is 25.3. The Morgan fingerprint density at radius 2 is 1.78 bits per heavy atom. The molecule has 1 unspecified atom stereocenters. The fourth-order valence-corrected chi connectivity index (χ4v) is 5.11. The van der Waals surface area contributed by atoms with Gasteiger partial charge in [0.05, 0.1) is 22.2 Å². The predicted molar refractivity (Wildman–Crippen MR) is 137 cm³/mol. The number of amides is 1. The van der Waals surface area contributed by atoms with Crippen LogP contribution < -0.4 is 4.74 Å². The second-order valence-electron chi connectivity index (χ2n) is 8.76. The van der Waals surface area contributed by atoms with E-state index in [0.29, 0.717) is 40.0 Å². The number of esters is 1. The van der Waals surface area contributed by atoms with Gasteiger partial charge >= 0.3 is 5.97 Å². The van der Waals surface area contributed by atoms with Crippen LogP contribution in [0.2, 0.25) is 0 Å². The van der Waals surface area contributed by atoms with E-state index in [2.05, 4.69) is 4.98 Å². The van der Waals surface area contributed by atoms with Gasteiger partial charge in [-0.2, -0.15) is 0 Å². The number of aliphatic hydroxyl groups excluding tert-OH is 1. The minimum Gasteiger partial charge on any atom is -0.503 e. The summed E-state index contributed by atoms with van der Waals surface area (Å²) < 4.78 is 5.12. The van der Waals surface area contributed by atoms with Gasteiger partial charge in [0.15, 0.2) is 5.76 Å². The molecule has 3 aromatic rings. The summed E-state index contributed by atoms with van der Waals surface area (Å²) in [6, 6.07) is 15.3. The Hall–Kier alpha value is -3.82. The number of nitrogens with zero attached hydrogens (tertiary/aromatic N) is 3. The molecule has 4 rings (SSSR count). The molecular formula is C27H27N3O5S. The monoisotopic (exact) mass is 505 g/mol. The topological polar surface area (TPSA) is 100 Å². The Balaban J connectivity index is 1.75. The first-order valence-electron chi connectivity index (χ1n) is 11.4. The van der Waals surface area contributed by atoms with Gasteiger partial charge in [-0.25, -0.2) is 4.98 Å². The molecule has 0 aliphatic carbocycles. The lowest BCUT2D eigenvalue weighted by Crippen LogP contribution is -2.36. The maximum Gasteiger partial charge on any atom is 0.308 e. The summed E-state index contributed by atoms with van der Waals surface area (Å²) in [6.45, 7) is 3.91. The Labute approximate surface area is 213 Å². The van der Waals surface area contributed by atoms with Crippen molar-refractivity contribution >= 4 is 29.0 Å². The lowest BCUT2D eigenvalue weighted by molar-refractivity contribution is -0.132. The molecule has 1 aliphatic rings. The van der Waals surface area contributed by atoms with Crippen molar-refractivity contribution in [1.29, 1.82) is 0 Å². The van der Waals surface area contributed by atoms with Crippen molar-refractivity contribution in [3.63, 3.8) is 0 Å². The van der Waals surface area contributed by atoms with E-state index in [9.17, 15) is 19.5 Å². The Bertz CT molecular complexity index is 1330. The van der Waals surface area contributed by atoms with E-state index in [4.69, 9.17) is 4.74 Å². The molecular weight excluding hydrogens is 478 g/mol. The molecule has 1 N–H and O–H groups in total. The largest absolute Gasteiger partial charge is 0.503 e. The van der Waals surface area contributed by atoms with Crippen LogP contribution in [0.1, 0.15) is 33.9 Å². The maximum absolute atomic E-state index is 13.8. The summed E-state index contributed by atoms with van der Waals surface area (Å²) >= 11 is 1.24. The van der Waals surface area contributed by atoms with E-state index < -0.39 is 29.5 Å². The first-order valence-corrected chi connectivity index (χ1v) is 12.2. The van der Waals surface area contributed by atoms with Gasteiger partial charge in [0.1, 0.15) is 10.8 Å². The zero-order valence-electron chi connectivity index (χ0n) is 20.5. The highest BCUT2D eigenvalue weighted by Gasteiger charge is 2.44. The number of carbonyl (C=O) groups is 3. The normalized spacial score (nSPS) is 15.6.